The minimum atomic E-state index is -1.03. The van der Waals surface area contributed by atoms with Crippen LogP contribution in [0.15, 0.2) is 24.3 Å². The van der Waals surface area contributed by atoms with Crippen LogP contribution in [0.3, 0.4) is 0 Å². The molecule has 0 aromatic heterocycles. The number of likely N-dealkylation sites (tertiary alicyclic amines) is 1. The van der Waals surface area contributed by atoms with Crippen molar-refractivity contribution >= 4 is 17.7 Å². The van der Waals surface area contributed by atoms with Crippen molar-refractivity contribution in [3.05, 3.63) is 39.9 Å². The number of rotatable bonds is 5. The molecule has 1 aromatic rings. The van der Waals surface area contributed by atoms with Gasteiger partial charge in [0.15, 0.2) is 0 Å². The Balaban J connectivity index is 1.95. The fraction of sp³-hybridized carbons (Fsp3) is 0.500. The lowest BCUT2D eigenvalue weighted by molar-refractivity contribution is -0.384. The first-order chi connectivity index (χ1) is 11.4. The van der Waals surface area contributed by atoms with Crippen LogP contribution in [-0.2, 0) is 16.1 Å². The molecule has 1 amide bonds. The summed E-state index contributed by atoms with van der Waals surface area (Å²) in [5.74, 6) is -0.731. The Morgan fingerprint density at radius 3 is 2.58 bits per heavy atom. The first-order valence-corrected chi connectivity index (χ1v) is 7.82. The van der Waals surface area contributed by atoms with Crippen LogP contribution in [0, 0.1) is 16.0 Å². The number of carboxylic acids is 1. The van der Waals surface area contributed by atoms with Gasteiger partial charge in [0.05, 0.1) is 4.92 Å². The van der Waals surface area contributed by atoms with Crippen molar-refractivity contribution in [1.29, 1.82) is 0 Å². The Morgan fingerprint density at radius 2 is 2.04 bits per heavy atom. The van der Waals surface area contributed by atoms with Gasteiger partial charge in [-0.1, -0.05) is 13.3 Å². The zero-order valence-corrected chi connectivity index (χ0v) is 13.4. The predicted molar refractivity (Wildman–Crippen MR) is 84.4 cm³/mol. The molecule has 0 aliphatic carbocycles. The van der Waals surface area contributed by atoms with E-state index >= 15 is 0 Å². The predicted octanol–water partition coefficient (Wildman–Crippen LogP) is 2.81. The van der Waals surface area contributed by atoms with Gasteiger partial charge >= 0.3 is 12.1 Å². The number of benzene rings is 1. The van der Waals surface area contributed by atoms with Crippen molar-refractivity contribution in [1.82, 2.24) is 4.90 Å². The number of amides is 1. The van der Waals surface area contributed by atoms with Gasteiger partial charge < -0.3 is 9.84 Å². The summed E-state index contributed by atoms with van der Waals surface area (Å²) < 4.78 is 5.17. The maximum Gasteiger partial charge on any atom is 0.410 e. The van der Waals surface area contributed by atoms with Crippen molar-refractivity contribution < 1.29 is 24.4 Å². The number of aliphatic carboxylic acids is 1. The average Bonchev–Trinajstić information content (AvgIpc) is 2.59. The summed E-state index contributed by atoms with van der Waals surface area (Å²) in [6.07, 6.45) is 1.40. The molecule has 1 aromatic carbocycles. The Kier molecular flexibility index (Phi) is 5.73. The molecule has 0 spiro atoms. The molecule has 0 unspecified atom stereocenters. The molecule has 8 heteroatoms. The molecule has 1 fully saturated rings. The molecule has 0 bridgehead atoms. The quantitative estimate of drug-likeness (QED) is 0.654. The lowest BCUT2D eigenvalue weighted by Gasteiger charge is -2.36. The number of carbonyl (C=O) groups excluding carboxylic acids is 1. The number of hydrogen-bond acceptors (Lipinski definition) is 5. The maximum atomic E-state index is 12.2. The van der Waals surface area contributed by atoms with E-state index < -0.39 is 23.0 Å². The fourth-order valence-electron chi connectivity index (χ4n) is 2.80. The van der Waals surface area contributed by atoms with Crippen LogP contribution in [-0.4, -0.2) is 39.6 Å². The SMILES string of the molecule is CC[C@H]1CCN(C(=O)OCc2ccc([N+](=O)[O-])cc2)[C@@H](C(=O)O)C1. The summed E-state index contributed by atoms with van der Waals surface area (Å²) in [5, 5.41) is 19.9. The third-order valence-electron chi connectivity index (χ3n) is 4.32. The summed E-state index contributed by atoms with van der Waals surface area (Å²) in [6, 6.07) is 4.80. The van der Waals surface area contributed by atoms with Crippen LogP contribution >= 0.6 is 0 Å². The van der Waals surface area contributed by atoms with E-state index in [0.29, 0.717) is 24.4 Å². The second-order valence-corrected chi connectivity index (χ2v) is 5.82. The van der Waals surface area contributed by atoms with E-state index in [0.717, 1.165) is 12.8 Å². The molecule has 24 heavy (non-hydrogen) atoms. The van der Waals surface area contributed by atoms with Crippen LogP contribution in [0.4, 0.5) is 10.5 Å². The van der Waals surface area contributed by atoms with E-state index in [9.17, 15) is 24.8 Å². The van der Waals surface area contributed by atoms with E-state index in [-0.39, 0.29) is 12.3 Å². The molecule has 0 saturated carbocycles. The summed E-state index contributed by atoms with van der Waals surface area (Å²) in [5.41, 5.74) is 0.557. The topological polar surface area (TPSA) is 110 Å². The zero-order chi connectivity index (χ0) is 17.7. The fourth-order valence-corrected chi connectivity index (χ4v) is 2.80. The lowest BCUT2D eigenvalue weighted by Crippen LogP contribution is -2.50. The number of nitro benzene ring substituents is 1. The first kappa shape index (κ1) is 17.7. The van der Waals surface area contributed by atoms with E-state index in [4.69, 9.17) is 4.74 Å². The van der Waals surface area contributed by atoms with Gasteiger partial charge in [-0.3, -0.25) is 15.0 Å². The van der Waals surface area contributed by atoms with Crippen molar-refractivity contribution in [2.75, 3.05) is 6.54 Å². The van der Waals surface area contributed by atoms with Crippen LogP contribution in [0.1, 0.15) is 31.7 Å². The van der Waals surface area contributed by atoms with Crippen LogP contribution in [0.25, 0.3) is 0 Å². The molecule has 8 nitrogen and oxygen atoms in total. The smallest absolute Gasteiger partial charge is 0.410 e. The Bertz CT molecular complexity index is 615. The zero-order valence-electron chi connectivity index (χ0n) is 13.4. The van der Waals surface area contributed by atoms with Gasteiger partial charge in [0.25, 0.3) is 5.69 Å². The molecule has 1 saturated heterocycles. The van der Waals surface area contributed by atoms with Crippen molar-refractivity contribution in [2.45, 2.75) is 38.8 Å². The summed E-state index contributed by atoms with van der Waals surface area (Å²) >= 11 is 0. The van der Waals surface area contributed by atoms with Gasteiger partial charge in [0, 0.05) is 18.7 Å². The molecule has 2 rings (SSSR count). The van der Waals surface area contributed by atoms with Gasteiger partial charge in [0.1, 0.15) is 12.6 Å². The number of carbonyl (C=O) groups is 2. The summed E-state index contributed by atoms with van der Waals surface area (Å²) in [6.45, 7) is 2.30. The van der Waals surface area contributed by atoms with E-state index in [2.05, 4.69) is 0 Å². The van der Waals surface area contributed by atoms with Crippen LogP contribution < -0.4 is 0 Å². The highest BCUT2D eigenvalue weighted by atomic mass is 16.6. The molecule has 130 valence electrons. The third-order valence-corrected chi connectivity index (χ3v) is 4.32. The van der Waals surface area contributed by atoms with Gasteiger partial charge in [-0.05, 0) is 36.5 Å². The average molecular weight is 336 g/mol. The number of nitrogens with zero attached hydrogens (tertiary/aromatic N) is 2. The van der Waals surface area contributed by atoms with Crippen molar-refractivity contribution in [2.24, 2.45) is 5.92 Å². The molecule has 1 N–H and O–H groups in total. The number of hydrogen-bond donors (Lipinski definition) is 1. The minimum Gasteiger partial charge on any atom is -0.480 e. The Morgan fingerprint density at radius 1 is 1.38 bits per heavy atom. The van der Waals surface area contributed by atoms with E-state index in [1.54, 1.807) is 0 Å². The Hall–Kier alpha value is -2.64. The maximum absolute atomic E-state index is 12.2. The molecule has 1 heterocycles. The van der Waals surface area contributed by atoms with Gasteiger partial charge in [-0.15, -0.1) is 0 Å². The monoisotopic (exact) mass is 336 g/mol. The van der Waals surface area contributed by atoms with Crippen LogP contribution in [0.2, 0.25) is 0 Å². The number of piperidine rings is 1. The molecule has 0 radical (unpaired) electrons. The highest BCUT2D eigenvalue weighted by Gasteiger charge is 2.36. The number of non-ortho nitro benzene ring substituents is 1. The summed E-state index contributed by atoms with van der Waals surface area (Å²) in [7, 11) is 0. The summed E-state index contributed by atoms with van der Waals surface area (Å²) in [4.78, 5) is 34.9. The highest BCUT2D eigenvalue weighted by molar-refractivity contribution is 5.80. The van der Waals surface area contributed by atoms with E-state index in [1.807, 2.05) is 6.92 Å². The molecule has 1 aliphatic rings. The minimum absolute atomic E-state index is 0.0438. The second kappa shape index (κ2) is 7.76. The second-order valence-electron chi connectivity index (χ2n) is 5.82. The molecule has 2 atom stereocenters. The van der Waals surface area contributed by atoms with Gasteiger partial charge in [-0.2, -0.15) is 0 Å². The van der Waals surface area contributed by atoms with Gasteiger partial charge in [-0.25, -0.2) is 9.59 Å². The Labute approximate surface area is 139 Å². The number of carboxylic acid groups (broad SMARTS) is 1. The molecular formula is C16H20N2O6. The van der Waals surface area contributed by atoms with Crippen LogP contribution in [0.5, 0.6) is 0 Å². The lowest BCUT2D eigenvalue weighted by atomic mass is 9.89. The normalized spacial score (nSPS) is 20.5. The number of nitro groups is 1. The van der Waals surface area contributed by atoms with Gasteiger partial charge in [0.2, 0.25) is 0 Å². The van der Waals surface area contributed by atoms with Crippen molar-refractivity contribution in [3.63, 3.8) is 0 Å². The largest absolute Gasteiger partial charge is 0.480 e. The van der Waals surface area contributed by atoms with Crippen molar-refractivity contribution in [3.8, 4) is 0 Å². The standard InChI is InChI=1S/C16H20N2O6/c1-2-11-7-8-17(14(9-11)15(19)20)16(21)24-10-12-3-5-13(6-4-12)18(22)23/h3-6,11,14H,2,7-10H2,1H3,(H,19,20)/t11-,14+/m0/s1. The third kappa shape index (κ3) is 4.21. The highest BCUT2D eigenvalue weighted by Crippen LogP contribution is 2.26. The number of ether oxygens (including phenoxy) is 1. The first-order valence-electron chi connectivity index (χ1n) is 7.82. The molecule has 1 aliphatic heterocycles. The molecular weight excluding hydrogens is 316 g/mol. The van der Waals surface area contributed by atoms with E-state index in [1.165, 1.54) is 29.2 Å².